The van der Waals surface area contributed by atoms with Gasteiger partial charge in [-0.15, -0.1) is 11.3 Å². The lowest BCUT2D eigenvalue weighted by Gasteiger charge is -2.25. The third kappa shape index (κ3) is 4.42. The minimum Gasteiger partial charge on any atom is -0.454 e. The molecule has 0 spiro atoms. The number of rotatable bonds is 6. The summed E-state index contributed by atoms with van der Waals surface area (Å²) < 4.78 is 9.02. The fraction of sp³-hybridized carbons (Fsp3) is 0. The zero-order chi connectivity index (χ0) is 30.5. The molecule has 3 nitrogen and oxygen atoms in total. The highest BCUT2D eigenvalue weighted by Gasteiger charge is 2.20. The number of para-hydroxylation sites is 5. The molecule has 0 amide bonds. The van der Waals surface area contributed by atoms with Gasteiger partial charge < -0.3 is 14.2 Å². The zero-order valence-electron chi connectivity index (χ0n) is 24.9. The van der Waals surface area contributed by atoms with Crippen LogP contribution >= 0.6 is 11.3 Å². The van der Waals surface area contributed by atoms with Gasteiger partial charge in [0, 0.05) is 59.4 Å². The lowest BCUT2D eigenvalue weighted by atomic mass is 10.1. The first-order valence-corrected chi connectivity index (χ1v) is 16.3. The van der Waals surface area contributed by atoms with Gasteiger partial charge in [0.15, 0.2) is 5.58 Å². The van der Waals surface area contributed by atoms with Crippen LogP contribution in [0.4, 0.5) is 34.1 Å². The molecule has 46 heavy (non-hydrogen) atoms. The van der Waals surface area contributed by atoms with Crippen LogP contribution in [0.3, 0.4) is 0 Å². The average molecular weight is 609 g/mol. The molecule has 0 fully saturated rings. The molecule has 9 rings (SSSR count). The van der Waals surface area contributed by atoms with Gasteiger partial charge in [0.2, 0.25) is 0 Å². The minimum absolute atomic E-state index is 0.885. The van der Waals surface area contributed by atoms with Crippen LogP contribution in [-0.2, 0) is 0 Å². The van der Waals surface area contributed by atoms with Crippen LogP contribution in [-0.4, -0.2) is 0 Å². The predicted octanol–water partition coefficient (Wildman–Crippen LogP) is 12.9. The van der Waals surface area contributed by atoms with Crippen LogP contribution in [0.2, 0.25) is 0 Å². The Bertz CT molecular complexity index is 2440. The zero-order valence-corrected chi connectivity index (χ0v) is 25.7. The van der Waals surface area contributed by atoms with Crippen LogP contribution in [0, 0.1) is 0 Å². The van der Waals surface area contributed by atoms with Crippen molar-refractivity contribution in [2.75, 3.05) is 9.80 Å². The Kier molecular flexibility index (Phi) is 6.32. The van der Waals surface area contributed by atoms with Gasteiger partial charge in [-0.2, -0.15) is 0 Å². The summed E-state index contributed by atoms with van der Waals surface area (Å²) in [6.07, 6.45) is 0. The lowest BCUT2D eigenvalue weighted by molar-refractivity contribution is 0.669. The SMILES string of the molecule is c1ccc(N(c2ccccc2)c2ccc3sc4cc(N(c5ccccc5)c5cccc6c5oc5ccccc56)ccc4c3c2)cc1. The Morgan fingerprint density at radius 2 is 0.957 bits per heavy atom. The fourth-order valence-electron chi connectivity index (χ4n) is 6.55. The van der Waals surface area contributed by atoms with Gasteiger partial charge in [-0.1, -0.05) is 91.0 Å². The van der Waals surface area contributed by atoms with E-state index >= 15 is 0 Å². The molecule has 0 aliphatic carbocycles. The summed E-state index contributed by atoms with van der Waals surface area (Å²) in [5, 5.41) is 4.75. The predicted molar refractivity (Wildman–Crippen MR) is 196 cm³/mol. The molecular weight excluding hydrogens is 581 g/mol. The smallest absolute Gasteiger partial charge is 0.159 e. The van der Waals surface area contributed by atoms with E-state index < -0.39 is 0 Å². The van der Waals surface area contributed by atoms with Crippen LogP contribution in [0.1, 0.15) is 0 Å². The summed E-state index contributed by atoms with van der Waals surface area (Å²) in [7, 11) is 0. The fourth-order valence-corrected chi connectivity index (χ4v) is 7.67. The van der Waals surface area contributed by atoms with Gasteiger partial charge in [0.05, 0.1) is 5.69 Å². The van der Waals surface area contributed by atoms with E-state index in [2.05, 4.69) is 168 Å². The van der Waals surface area contributed by atoms with Crippen molar-refractivity contribution in [1.82, 2.24) is 0 Å². The van der Waals surface area contributed by atoms with Crippen LogP contribution < -0.4 is 9.80 Å². The number of thiophene rings is 1. The number of furan rings is 1. The van der Waals surface area contributed by atoms with Crippen molar-refractivity contribution in [3.05, 3.63) is 170 Å². The summed E-state index contributed by atoms with van der Waals surface area (Å²) in [5.41, 5.74) is 8.37. The molecule has 4 heteroatoms. The maximum Gasteiger partial charge on any atom is 0.159 e. The Morgan fingerprint density at radius 3 is 1.67 bits per heavy atom. The van der Waals surface area contributed by atoms with Crippen molar-refractivity contribution in [2.24, 2.45) is 0 Å². The third-order valence-electron chi connectivity index (χ3n) is 8.62. The molecule has 0 radical (unpaired) electrons. The number of fused-ring (bicyclic) bond motifs is 6. The Balaban J connectivity index is 1.20. The highest BCUT2D eigenvalue weighted by atomic mass is 32.1. The molecule has 218 valence electrons. The summed E-state index contributed by atoms with van der Waals surface area (Å²) in [6.45, 7) is 0. The lowest BCUT2D eigenvalue weighted by Crippen LogP contribution is -2.10. The quantitative estimate of drug-likeness (QED) is 0.187. The van der Waals surface area contributed by atoms with E-state index in [0.29, 0.717) is 0 Å². The first kappa shape index (κ1) is 26.6. The number of nitrogens with zero attached hydrogens (tertiary/aromatic N) is 2. The molecule has 0 unspecified atom stereocenters. The highest BCUT2D eigenvalue weighted by molar-refractivity contribution is 7.25. The van der Waals surface area contributed by atoms with Gasteiger partial charge in [0.1, 0.15) is 5.58 Å². The molecular formula is C42H28N2OS. The van der Waals surface area contributed by atoms with Crippen LogP contribution in [0.5, 0.6) is 0 Å². The van der Waals surface area contributed by atoms with Crippen molar-refractivity contribution < 1.29 is 4.42 Å². The van der Waals surface area contributed by atoms with Gasteiger partial charge in [0.25, 0.3) is 0 Å². The number of benzene rings is 7. The van der Waals surface area contributed by atoms with Crippen LogP contribution in [0.25, 0.3) is 42.1 Å². The van der Waals surface area contributed by atoms with E-state index in [1.807, 2.05) is 23.5 Å². The van der Waals surface area contributed by atoms with E-state index in [1.165, 1.54) is 20.2 Å². The van der Waals surface area contributed by atoms with E-state index in [4.69, 9.17) is 4.42 Å². The van der Waals surface area contributed by atoms with Crippen molar-refractivity contribution in [1.29, 1.82) is 0 Å². The maximum atomic E-state index is 6.51. The molecule has 0 bridgehead atoms. The highest BCUT2D eigenvalue weighted by Crippen LogP contribution is 2.45. The van der Waals surface area contributed by atoms with E-state index in [0.717, 1.165) is 56.1 Å². The molecule has 9 aromatic rings. The molecule has 2 aromatic heterocycles. The standard InChI is InChI=1S/C42H28N2OS/c1-4-13-29(14-5-1)43(30-15-6-2-7-16-30)32-24-26-40-37(27-32)35-25-23-33(28-41(35)46-40)44(31-17-8-3-9-18-31)38-21-12-20-36-34-19-10-11-22-39(34)45-42(36)38/h1-28H. The summed E-state index contributed by atoms with van der Waals surface area (Å²) >= 11 is 1.83. The second-order valence-electron chi connectivity index (χ2n) is 11.4. The Morgan fingerprint density at radius 1 is 0.370 bits per heavy atom. The Labute approximate surface area is 270 Å². The Hall–Kier alpha value is -5.84. The second kappa shape index (κ2) is 11.0. The molecule has 0 saturated carbocycles. The molecule has 0 saturated heterocycles. The minimum atomic E-state index is 0.885. The van der Waals surface area contributed by atoms with E-state index in [9.17, 15) is 0 Å². The number of hydrogen-bond donors (Lipinski definition) is 0. The largest absolute Gasteiger partial charge is 0.454 e. The third-order valence-corrected chi connectivity index (χ3v) is 9.76. The van der Waals surface area contributed by atoms with Gasteiger partial charge in [-0.25, -0.2) is 0 Å². The second-order valence-corrected chi connectivity index (χ2v) is 12.5. The molecule has 0 aliphatic heterocycles. The van der Waals surface area contributed by atoms with Crippen molar-refractivity contribution >= 4 is 87.6 Å². The molecule has 7 aromatic carbocycles. The molecule has 0 atom stereocenters. The normalized spacial score (nSPS) is 11.5. The van der Waals surface area contributed by atoms with E-state index in [1.54, 1.807) is 0 Å². The first-order valence-electron chi connectivity index (χ1n) is 15.4. The summed E-state index contributed by atoms with van der Waals surface area (Å²) in [6, 6.07) is 60.1. The van der Waals surface area contributed by atoms with E-state index in [-0.39, 0.29) is 0 Å². The van der Waals surface area contributed by atoms with Gasteiger partial charge in [-0.05, 0) is 78.9 Å². The molecule has 2 heterocycles. The van der Waals surface area contributed by atoms with Crippen LogP contribution in [0.15, 0.2) is 174 Å². The van der Waals surface area contributed by atoms with Crippen molar-refractivity contribution in [2.45, 2.75) is 0 Å². The molecule has 0 aliphatic rings. The molecule has 0 N–H and O–H groups in total. The topological polar surface area (TPSA) is 19.6 Å². The van der Waals surface area contributed by atoms with Gasteiger partial charge in [-0.3, -0.25) is 0 Å². The monoisotopic (exact) mass is 608 g/mol. The maximum absolute atomic E-state index is 6.51. The van der Waals surface area contributed by atoms with Crippen molar-refractivity contribution in [3.63, 3.8) is 0 Å². The number of hydrogen-bond acceptors (Lipinski definition) is 4. The average Bonchev–Trinajstić information content (AvgIpc) is 3.68. The van der Waals surface area contributed by atoms with Gasteiger partial charge >= 0.3 is 0 Å². The summed E-state index contributed by atoms with van der Waals surface area (Å²) in [5.74, 6) is 0. The summed E-state index contributed by atoms with van der Waals surface area (Å²) in [4.78, 5) is 4.63. The number of anilines is 6. The van der Waals surface area contributed by atoms with Crippen molar-refractivity contribution in [3.8, 4) is 0 Å². The first-order chi connectivity index (χ1) is 22.8.